The van der Waals surface area contributed by atoms with Crippen molar-refractivity contribution in [2.45, 2.75) is 33.2 Å². The summed E-state index contributed by atoms with van der Waals surface area (Å²) in [5.41, 5.74) is 1.57. The van der Waals surface area contributed by atoms with Gasteiger partial charge in [0.05, 0.1) is 0 Å². The molecule has 1 atom stereocenters. The molecule has 1 fully saturated rings. The van der Waals surface area contributed by atoms with E-state index in [4.69, 9.17) is 0 Å². The van der Waals surface area contributed by atoms with E-state index in [9.17, 15) is 0 Å². The summed E-state index contributed by atoms with van der Waals surface area (Å²) in [7, 11) is 0. The van der Waals surface area contributed by atoms with Crippen LogP contribution in [0.3, 0.4) is 0 Å². The summed E-state index contributed by atoms with van der Waals surface area (Å²) < 4.78 is 0. The number of hydrogen-bond acceptors (Lipinski definition) is 1. The Morgan fingerprint density at radius 1 is 1.60 bits per heavy atom. The van der Waals surface area contributed by atoms with Crippen LogP contribution in [0.1, 0.15) is 27.2 Å². The highest BCUT2D eigenvalue weighted by atomic mass is 14.9. The first-order valence-electron chi connectivity index (χ1n) is 4.11. The van der Waals surface area contributed by atoms with Crippen LogP contribution in [-0.2, 0) is 0 Å². The van der Waals surface area contributed by atoms with Gasteiger partial charge in [-0.1, -0.05) is 25.5 Å². The summed E-state index contributed by atoms with van der Waals surface area (Å²) in [5, 5.41) is 3.49. The topological polar surface area (TPSA) is 12.0 Å². The van der Waals surface area contributed by atoms with Gasteiger partial charge in [-0.05, 0) is 19.3 Å². The minimum Gasteiger partial charge on any atom is -0.310 e. The summed E-state index contributed by atoms with van der Waals surface area (Å²) >= 11 is 0. The average molecular weight is 139 g/mol. The van der Waals surface area contributed by atoms with E-state index >= 15 is 0 Å². The molecule has 1 aliphatic heterocycles. The molecule has 0 aromatic rings. The molecule has 0 radical (unpaired) electrons. The summed E-state index contributed by atoms with van der Waals surface area (Å²) in [5.74, 6) is 0.775. The van der Waals surface area contributed by atoms with Crippen LogP contribution in [0, 0.1) is 5.92 Å². The molecule has 0 unspecified atom stereocenters. The van der Waals surface area contributed by atoms with Crippen LogP contribution in [0.5, 0.6) is 0 Å². The van der Waals surface area contributed by atoms with Gasteiger partial charge in [-0.2, -0.15) is 0 Å². The lowest BCUT2D eigenvalue weighted by Gasteiger charge is -2.12. The van der Waals surface area contributed by atoms with E-state index in [2.05, 4.69) is 32.2 Å². The van der Waals surface area contributed by atoms with Gasteiger partial charge in [0.15, 0.2) is 0 Å². The molecule has 1 heterocycles. The Morgan fingerprint density at radius 2 is 2.30 bits per heavy atom. The fraction of sp³-hybridized carbons (Fsp3) is 0.778. The van der Waals surface area contributed by atoms with Crippen LogP contribution in [-0.4, -0.2) is 12.6 Å². The molecule has 1 heteroatoms. The first kappa shape index (κ1) is 7.80. The Balaban J connectivity index is 2.43. The van der Waals surface area contributed by atoms with Crippen LogP contribution < -0.4 is 5.32 Å². The molecule has 1 nitrogen and oxygen atoms in total. The zero-order chi connectivity index (χ0) is 7.56. The summed E-state index contributed by atoms with van der Waals surface area (Å²) in [6, 6.07) is 0.728. The quantitative estimate of drug-likeness (QED) is 0.547. The van der Waals surface area contributed by atoms with E-state index in [0.29, 0.717) is 0 Å². The van der Waals surface area contributed by atoms with E-state index in [-0.39, 0.29) is 0 Å². The number of nitrogens with one attached hydrogen (secondary N) is 1. The molecule has 58 valence electrons. The van der Waals surface area contributed by atoms with Crippen molar-refractivity contribution in [2.75, 3.05) is 6.54 Å². The van der Waals surface area contributed by atoms with E-state index in [0.717, 1.165) is 18.5 Å². The predicted octanol–water partition coefficient (Wildman–Crippen LogP) is 1.95. The van der Waals surface area contributed by atoms with Crippen molar-refractivity contribution in [3.63, 3.8) is 0 Å². The molecule has 0 bridgehead atoms. The smallest absolute Gasteiger partial charge is 0.0167 e. The highest BCUT2D eigenvalue weighted by molar-refractivity contribution is 5.11. The number of rotatable bonds is 1. The third-order valence-corrected chi connectivity index (χ3v) is 2.29. The standard InChI is InChI=1S/C9H17N/c1-4-8-5-9(7(2)3)10-6-8/h4,7,9-10H,5-6H2,1-3H3/b8-4-/t9-/m0/s1. The largest absolute Gasteiger partial charge is 0.310 e. The van der Waals surface area contributed by atoms with Gasteiger partial charge >= 0.3 is 0 Å². The van der Waals surface area contributed by atoms with E-state index in [1.165, 1.54) is 6.42 Å². The minimum absolute atomic E-state index is 0.728. The second-order valence-corrected chi connectivity index (χ2v) is 3.38. The first-order valence-corrected chi connectivity index (χ1v) is 4.11. The molecule has 0 aromatic heterocycles. The average Bonchev–Trinajstić information content (AvgIpc) is 2.34. The van der Waals surface area contributed by atoms with Crippen molar-refractivity contribution in [1.82, 2.24) is 5.32 Å². The molecular weight excluding hydrogens is 122 g/mol. The van der Waals surface area contributed by atoms with Crippen molar-refractivity contribution in [3.05, 3.63) is 11.6 Å². The van der Waals surface area contributed by atoms with Crippen molar-refractivity contribution in [3.8, 4) is 0 Å². The van der Waals surface area contributed by atoms with Gasteiger partial charge in [-0.15, -0.1) is 0 Å². The molecule has 10 heavy (non-hydrogen) atoms. The van der Waals surface area contributed by atoms with Gasteiger partial charge in [0, 0.05) is 12.6 Å². The highest BCUT2D eigenvalue weighted by Gasteiger charge is 2.19. The first-order chi connectivity index (χ1) is 4.74. The van der Waals surface area contributed by atoms with Gasteiger partial charge < -0.3 is 5.32 Å². The third kappa shape index (κ3) is 1.60. The number of allylic oxidation sites excluding steroid dienone is 1. The molecule has 1 rings (SSSR count). The summed E-state index contributed by atoms with van der Waals surface area (Å²) in [4.78, 5) is 0. The van der Waals surface area contributed by atoms with Crippen LogP contribution in [0.2, 0.25) is 0 Å². The zero-order valence-corrected chi connectivity index (χ0v) is 7.15. The van der Waals surface area contributed by atoms with Crippen molar-refractivity contribution in [2.24, 2.45) is 5.92 Å². The summed E-state index contributed by atoms with van der Waals surface area (Å²) in [6.07, 6.45) is 3.49. The van der Waals surface area contributed by atoms with Gasteiger partial charge in [0.1, 0.15) is 0 Å². The lowest BCUT2D eigenvalue weighted by Crippen LogP contribution is -2.26. The number of hydrogen-bond donors (Lipinski definition) is 1. The molecule has 0 saturated carbocycles. The lowest BCUT2D eigenvalue weighted by molar-refractivity contribution is 0.455. The molecule has 0 aliphatic carbocycles. The van der Waals surface area contributed by atoms with Gasteiger partial charge in [-0.25, -0.2) is 0 Å². The third-order valence-electron chi connectivity index (χ3n) is 2.29. The fourth-order valence-electron chi connectivity index (χ4n) is 1.38. The Hall–Kier alpha value is -0.300. The lowest BCUT2D eigenvalue weighted by atomic mass is 10.0. The van der Waals surface area contributed by atoms with E-state index < -0.39 is 0 Å². The Morgan fingerprint density at radius 3 is 2.60 bits per heavy atom. The molecular formula is C9H17N. The SMILES string of the molecule is C/C=C1\CN[C@H](C(C)C)C1. The van der Waals surface area contributed by atoms with Crippen LogP contribution in [0.25, 0.3) is 0 Å². The van der Waals surface area contributed by atoms with Crippen molar-refractivity contribution >= 4 is 0 Å². The zero-order valence-electron chi connectivity index (χ0n) is 7.15. The monoisotopic (exact) mass is 139 g/mol. The van der Waals surface area contributed by atoms with Gasteiger partial charge in [0.25, 0.3) is 0 Å². The van der Waals surface area contributed by atoms with Gasteiger partial charge in [-0.3, -0.25) is 0 Å². The molecule has 0 spiro atoms. The van der Waals surface area contributed by atoms with E-state index in [1.807, 2.05) is 0 Å². The maximum Gasteiger partial charge on any atom is 0.0167 e. The van der Waals surface area contributed by atoms with Crippen molar-refractivity contribution in [1.29, 1.82) is 0 Å². The maximum atomic E-state index is 3.49. The Labute approximate surface area is 63.5 Å². The van der Waals surface area contributed by atoms with Gasteiger partial charge in [0.2, 0.25) is 0 Å². The molecule has 1 aliphatic rings. The van der Waals surface area contributed by atoms with Crippen molar-refractivity contribution < 1.29 is 0 Å². The highest BCUT2D eigenvalue weighted by Crippen LogP contribution is 2.18. The van der Waals surface area contributed by atoms with E-state index in [1.54, 1.807) is 5.57 Å². The van der Waals surface area contributed by atoms with Crippen LogP contribution in [0.15, 0.2) is 11.6 Å². The van der Waals surface area contributed by atoms with Crippen LogP contribution in [0.4, 0.5) is 0 Å². The minimum atomic E-state index is 0.728. The Bertz CT molecular complexity index is 136. The molecule has 1 saturated heterocycles. The molecule has 0 amide bonds. The predicted molar refractivity (Wildman–Crippen MR) is 45.0 cm³/mol. The second kappa shape index (κ2) is 3.20. The molecule has 1 N–H and O–H groups in total. The molecule has 0 aromatic carbocycles. The Kier molecular flexibility index (Phi) is 2.50. The van der Waals surface area contributed by atoms with Crippen LogP contribution >= 0.6 is 0 Å². The normalized spacial score (nSPS) is 30.4. The summed E-state index contributed by atoms with van der Waals surface area (Å²) in [6.45, 7) is 7.78. The maximum absolute atomic E-state index is 3.49. The second-order valence-electron chi connectivity index (χ2n) is 3.38. The fourth-order valence-corrected chi connectivity index (χ4v) is 1.38.